The van der Waals surface area contributed by atoms with E-state index in [2.05, 4.69) is 14.7 Å². The van der Waals surface area contributed by atoms with E-state index < -0.39 is 6.10 Å². The van der Waals surface area contributed by atoms with Crippen molar-refractivity contribution in [1.29, 1.82) is 0 Å². The summed E-state index contributed by atoms with van der Waals surface area (Å²) in [6.07, 6.45) is -0.509. The topological polar surface area (TPSA) is 30.0 Å². The maximum Gasteiger partial charge on any atom is 0.0883 e. The van der Waals surface area contributed by atoms with Crippen LogP contribution in [0, 0.1) is 5.41 Å². The van der Waals surface area contributed by atoms with E-state index in [-0.39, 0.29) is 5.41 Å². The zero-order valence-electron chi connectivity index (χ0n) is 11.1. The van der Waals surface area contributed by atoms with Gasteiger partial charge in [-0.15, -0.1) is 0 Å². The highest BCUT2D eigenvalue weighted by atomic mass is 35.5. The minimum absolute atomic E-state index is 0.119. The van der Waals surface area contributed by atoms with Gasteiger partial charge in [-0.05, 0) is 17.7 Å². The molecule has 5 rings (SSSR count). The predicted octanol–water partition coefficient (Wildman–Crippen LogP) is 1.83. The van der Waals surface area contributed by atoms with Crippen LogP contribution in [-0.4, -0.2) is 59.4 Å². The largest absolute Gasteiger partial charge is 0.388 e. The molecule has 0 spiro atoms. The van der Waals surface area contributed by atoms with E-state index in [4.69, 9.17) is 23.2 Å². The molecule has 4 fully saturated rings. The smallest absolute Gasteiger partial charge is 0.0883 e. The van der Waals surface area contributed by atoms with Gasteiger partial charge in [0.1, 0.15) is 0 Å². The molecule has 0 unspecified atom stereocenters. The third kappa shape index (κ3) is 1.98. The summed E-state index contributed by atoms with van der Waals surface area (Å²) in [6.45, 7) is 5.90. The van der Waals surface area contributed by atoms with Gasteiger partial charge in [0.15, 0.2) is 0 Å². The monoisotopic (exact) mass is 313 g/mol. The van der Waals surface area contributed by atoms with Gasteiger partial charge in [-0.2, -0.15) is 0 Å². The van der Waals surface area contributed by atoms with Crippen molar-refractivity contribution in [2.75, 3.05) is 39.6 Å². The van der Waals surface area contributed by atoms with Crippen molar-refractivity contribution in [2.45, 2.75) is 6.10 Å². The van der Waals surface area contributed by atoms with Crippen LogP contribution in [0.2, 0.25) is 10.0 Å². The molecular formula is C14H17Cl2N3O. The molecule has 4 nitrogen and oxygen atoms in total. The minimum Gasteiger partial charge on any atom is -0.388 e. The molecule has 4 heterocycles. The Hall–Kier alpha value is -0.360. The highest BCUT2D eigenvalue weighted by molar-refractivity contribution is 6.42. The van der Waals surface area contributed by atoms with Gasteiger partial charge >= 0.3 is 0 Å². The number of benzene rings is 1. The zero-order valence-corrected chi connectivity index (χ0v) is 12.6. The van der Waals surface area contributed by atoms with Crippen LogP contribution in [-0.2, 0) is 0 Å². The van der Waals surface area contributed by atoms with E-state index >= 15 is 0 Å². The third-order valence-corrected chi connectivity index (χ3v) is 5.39. The first-order chi connectivity index (χ1) is 9.56. The molecule has 4 aliphatic rings. The second-order valence-corrected chi connectivity index (χ2v) is 7.16. The van der Waals surface area contributed by atoms with Gasteiger partial charge in [0, 0.05) is 25.0 Å². The quantitative estimate of drug-likeness (QED) is 0.902. The van der Waals surface area contributed by atoms with E-state index in [0.717, 1.165) is 45.2 Å². The first kappa shape index (κ1) is 13.3. The van der Waals surface area contributed by atoms with Crippen molar-refractivity contribution < 1.29 is 5.11 Å². The standard InChI is InChI=1S/C14H17Cl2N3O/c15-11-2-1-10(3-12(11)16)13(20)14-4-17-7-18(5-14)9-19(6-14)8-17/h1-3,13,20H,4-9H2/t13-/m0/s1. The van der Waals surface area contributed by atoms with Gasteiger partial charge in [0.25, 0.3) is 0 Å². The van der Waals surface area contributed by atoms with Crippen LogP contribution >= 0.6 is 23.2 Å². The molecule has 4 bridgehead atoms. The normalized spacial score (nSPS) is 40.0. The predicted molar refractivity (Wildman–Crippen MR) is 78.6 cm³/mol. The number of hydrogen-bond acceptors (Lipinski definition) is 4. The molecule has 0 aromatic heterocycles. The molecular weight excluding hydrogens is 297 g/mol. The van der Waals surface area contributed by atoms with Crippen LogP contribution in [0.1, 0.15) is 11.7 Å². The van der Waals surface area contributed by atoms with Gasteiger partial charge in [0.2, 0.25) is 0 Å². The van der Waals surface area contributed by atoms with Crippen LogP contribution in [0.4, 0.5) is 0 Å². The molecule has 0 amide bonds. The number of aliphatic hydroxyl groups is 1. The zero-order chi connectivity index (χ0) is 13.9. The fourth-order valence-corrected chi connectivity index (χ4v) is 4.37. The summed E-state index contributed by atoms with van der Waals surface area (Å²) in [5.74, 6) is 0. The van der Waals surface area contributed by atoms with Gasteiger partial charge in [-0.25, -0.2) is 0 Å². The van der Waals surface area contributed by atoms with Crippen molar-refractivity contribution >= 4 is 23.2 Å². The fourth-order valence-electron chi connectivity index (χ4n) is 4.06. The molecule has 1 N–H and O–H groups in total. The molecule has 6 heteroatoms. The summed E-state index contributed by atoms with van der Waals surface area (Å²) in [4.78, 5) is 7.20. The first-order valence-corrected chi connectivity index (χ1v) is 7.61. The van der Waals surface area contributed by atoms with E-state index in [1.165, 1.54) is 0 Å². The van der Waals surface area contributed by atoms with E-state index in [1.807, 2.05) is 6.07 Å². The summed E-state index contributed by atoms with van der Waals surface area (Å²) < 4.78 is 0. The molecule has 20 heavy (non-hydrogen) atoms. The maximum absolute atomic E-state index is 10.9. The summed E-state index contributed by atoms with van der Waals surface area (Å²) in [7, 11) is 0. The molecule has 1 aromatic carbocycles. The molecule has 0 aliphatic carbocycles. The molecule has 108 valence electrons. The van der Waals surface area contributed by atoms with Crippen molar-refractivity contribution in [3.63, 3.8) is 0 Å². The van der Waals surface area contributed by atoms with Crippen molar-refractivity contribution in [2.24, 2.45) is 5.41 Å². The van der Waals surface area contributed by atoms with Crippen LogP contribution in [0.3, 0.4) is 0 Å². The number of hydrogen-bond donors (Lipinski definition) is 1. The second-order valence-electron chi connectivity index (χ2n) is 6.35. The van der Waals surface area contributed by atoms with Crippen molar-refractivity contribution in [1.82, 2.24) is 14.7 Å². The Morgan fingerprint density at radius 1 is 0.950 bits per heavy atom. The maximum atomic E-state index is 10.9. The summed E-state index contributed by atoms with van der Waals surface area (Å²) in [5.41, 5.74) is 0.747. The molecule has 4 aliphatic heterocycles. The van der Waals surface area contributed by atoms with Crippen LogP contribution in [0.15, 0.2) is 18.2 Å². The van der Waals surface area contributed by atoms with Gasteiger partial charge in [-0.1, -0.05) is 29.3 Å². The number of aliphatic hydroxyl groups excluding tert-OH is 1. The lowest BCUT2D eigenvalue weighted by Crippen LogP contribution is -2.73. The average molecular weight is 314 g/mol. The number of halogens is 2. The minimum atomic E-state index is -0.509. The fraction of sp³-hybridized carbons (Fsp3) is 0.571. The van der Waals surface area contributed by atoms with Gasteiger partial charge in [-0.3, -0.25) is 14.7 Å². The van der Waals surface area contributed by atoms with Crippen LogP contribution in [0.25, 0.3) is 0 Å². The van der Waals surface area contributed by atoms with Gasteiger partial charge < -0.3 is 5.11 Å². The Labute approximate surface area is 128 Å². The Morgan fingerprint density at radius 2 is 1.50 bits per heavy atom. The lowest BCUT2D eigenvalue weighted by atomic mass is 9.74. The van der Waals surface area contributed by atoms with E-state index in [1.54, 1.807) is 12.1 Å². The highest BCUT2D eigenvalue weighted by Gasteiger charge is 2.52. The van der Waals surface area contributed by atoms with E-state index in [0.29, 0.717) is 10.0 Å². The molecule has 0 saturated carbocycles. The lowest BCUT2D eigenvalue weighted by molar-refractivity contribution is -0.204. The van der Waals surface area contributed by atoms with Crippen molar-refractivity contribution in [3.05, 3.63) is 33.8 Å². The van der Waals surface area contributed by atoms with Crippen molar-refractivity contribution in [3.8, 4) is 0 Å². The Kier molecular flexibility index (Phi) is 3.04. The van der Waals surface area contributed by atoms with E-state index in [9.17, 15) is 5.11 Å². The second kappa shape index (κ2) is 4.57. The molecule has 4 saturated heterocycles. The molecule has 1 aromatic rings. The number of rotatable bonds is 2. The summed E-state index contributed by atoms with van der Waals surface area (Å²) in [5, 5.41) is 12.0. The van der Waals surface area contributed by atoms with Gasteiger partial charge in [0.05, 0.1) is 36.2 Å². The number of nitrogens with zero attached hydrogens (tertiary/aromatic N) is 3. The average Bonchev–Trinajstić information content (AvgIpc) is 2.39. The third-order valence-electron chi connectivity index (χ3n) is 4.65. The SMILES string of the molecule is O[C@@H](c1ccc(Cl)c(Cl)c1)C12CN3CN(CN(C3)C1)C2. The Morgan fingerprint density at radius 3 is 2.00 bits per heavy atom. The Balaban J connectivity index is 1.67. The molecule has 0 radical (unpaired) electrons. The van der Waals surface area contributed by atoms with Crippen LogP contribution < -0.4 is 0 Å². The first-order valence-electron chi connectivity index (χ1n) is 6.86. The lowest BCUT2D eigenvalue weighted by Gasteiger charge is -2.61. The summed E-state index contributed by atoms with van der Waals surface area (Å²) >= 11 is 12.1. The van der Waals surface area contributed by atoms with Crippen LogP contribution in [0.5, 0.6) is 0 Å². The molecule has 1 atom stereocenters. The highest BCUT2D eigenvalue weighted by Crippen LogP contribution is 2.44. The Bertz CT molecular complexity index is 516. The summed E-state index contributed by atoms with van der Waals surface area (Å²) in [6, 6.07) is 5.45.